The van der Waals surface area contributed by atoms with Gasteiger partial charge in [-0.05, 0) is 6.07 Å². The molecule has 2 heterocycles. The van der Waals surface area contributed by atoms with Crippen LogP contribution in [0.25, 0.3) is 0 Å². The van der Waals surface area contributed by atoms with Crippen molar-refractivity contribution in [3.63, 3.8) is 0 Å². The number of aromatic amines is 1. The van der Waals surface area contributed by atoms with Crippen LogP contribution >= 0.6 is 22.9 Å². The Morgan fingerprint density at radius 2 is 2.33 bits per heavy atom. The Morgan fingerprint density at radius 1 is 1.56 bits per heavy atom. The molecule has 0 aliphatic carbocycles. The van der Waals surface area contributed by atoms with Crippen LogP contribution in [0, 0.1) is 0 Å². The van der Waals surface area contributed by atoms with Gasteiger partial charge in [-0.1, -0.05) is 0 Å². The molecular formula is C10H12ClN3O2S2. The topological polar surface area (TPSA) is 66.1 Å². The SMILES string of the molecule is CN(Cc1cscn1)S(=O)(=O)c1c[nH]c(CCl)c1. The predicted molar refractivity (Wildman–Crippen MR) is 71.1 cm³/mol. The molecule has 0 bridgehead atoms. The lowest BCUT2D eigenvalue weighted by Crippen LogP contribution is -2.26. The number of alkyl halides is 1. The van der Waals surface area contributed by atoms with Crippen LogP contribution in [-0.2, 0) is 22.4 Å². The summed E-state index contributed by atoms with van der Waals surface area (Å²) >= 11 is 7.08. The lowest BCUT2D eigenvalue weighted by molar-refractivity contribution is 0.463. The van der Waals surface area contributed by atoms with Crippen LogP contribution in [0.3, 0.4) is 0 Å². The molecule has 1 N–H and O–H groups in total. The zero-order valence-corrected chi connectivity index (χ0v) is 12.0. The van der Waals surface area contributed by atoms with E-state index in [4.69, 9.17) is 11.6 Å². The normalized spacial score (nSPS) is 12.2. The van der Waals surface area contributed by atoms with Gasteiger partial charge in [-0.3, -0.25) is 0 Å². The molecule has 0 saturated heterocycles. The minimum atomic E-state index is -3.50. The van der Waals surface area contributed by atoms with E-state index in [0.29, 0.717) is 5.69 Å². The molecule has 2 aromatic heterocycles. The van der Waals surface area contributed by atoms with Crippen molar-refractivity contribution in [1.82, 2.24) is 14.3 Å². The highest BCUT2D eigenvalue weighted by Gasteiger charge is 2.22. The summed E-state index contributed by atoms with van der Waals surface area (Å²) in [6, 6.07) is 1.54. The van der Waals surface area contributed by atoms with E-state index in [1.54, 1.807) is 11.6 Å². The van der Waals surface area contributed by atoms with E-state index in [9.17, 15) is 8.42 Å². The van der Waals surface area contributed by atoms with Crippen molar-refractivity contribution < 1.29 is 8.42 Å². The van der Waals surface area contributed by atoms with Gasteiger partial charge >= 0.3 is 0 Å². The molecule has 0 unspecified atom stereocenters. The van der Waals surface area contributed by atoms with Crippen molar-refractivity contribution in [2.45, 2.75) is 17.3 Å². The van der Waals surface area contributed by atoms with Crippen molar-refractivity contribution in [3.8, 4) is 0 Å². The van der Waals surface area contributed by atoms with Crippen molar-refractivity contribution in [2.75, 3.05) is 7.05 Å². The van der Waals surface area contributed by atoms with Crippen LogP contribution in [0.1, 0.15) is 11.4 Å². The van der Waals surface area contributed by atoms with Gasteiger partial charge in [0.15, 0.2) is 0 Å². The van der Waals surface area contributed by atoms with Crippen molar-refractivity contribution in [3.05, 3.63) is 34.5 Å². The number of thiazole rings is 1. The smallest absolute Gasteiger partial charge is 0.244 e. The second-order valence-corrected chi connectivity index (χ2v) is 6.77. The van der Waals surface area contributed by atoms with Gasteiger partial charge in [0.05, 0.1) is 28.5 Å². The van der Waals surface area contributed by atoms with Gasteiger partial charge in [0.1, 0.15) is 0 Å². The molecule has 0 fully saturated rings. The Balaban J connectivity index is 2.19. The van der Waals surface area contributed by atoms with Crippen molar-refractivity contribution in [1.29, 1.82) is 0 Å². The van der Waals surface area contributed by atoms with Gasteiger partial charge in [0.2, 0.25) is 10.0 Å². The fraction of sp³-hybridized carbons (Fsp3) is 0.300. The van der Waals surface area contributed by atoms with Crippen LogP contribution in [-0.4, -0.2) is 29.7 Å². The first-order valence-electron chi connectivity index (χ1n) is 5.10. The molecular weight excluding hydrogens is 294 g/mol. The van der Waals surface area contributed by atoms with Crippen LogP contribution < -0.4 is 0 Å². The molecule has 2 rings (SSSR count). The summed E-state index contributed by atoms with van der Waals surface area (Å²) in [7, 11) is -1.97. The minimum Gasteiger partial charge on any atom is -0.363 e. The summed E-state index contributed by atoms with van der Waals surface area (Å²) < 4.78 is 25.7. The summed E-state index contributed by atoms with van der Waals surface area (Å²) in [5.41, 5.74) is 3.09. The number of halogens is 1. The van der Waals surface area contributed by atoms with Crippen molar-refractivity contribution in [2.24, 2.45) is 0 Å². The highest BCUT2D eigenvalue weighted by Crippen LogP contribution is 2.18. The molecule has 0 radical (unpaired) electrons. The molecule has 0 aliphatic heterocycles. The lowest BCUT2D eigenvalue weighted by atomic mass is 10.5. The Morgan fingerprint density at radius 3 is 2.89 bits per heavy atom. The number of sulfonamides is 1. The molecule has 0 aliphatic rings. The van der Waals surface area contributed by atoms with Gasteiger partial charge in [0, 0.05) is 24.3 Å². The van der Waals surface area contributed by atoms with Gasteiger partial charge in [0.25, 0.3) is 0 Å². The number of nitrogens with one attached hydrogen (secondary N) is 1. The highest BCUT2D eigenvalue weighted by atomic mass is 35.5. The lowest BCUT2D eigenvalue weighted by Gasteiger charge is -2.14. The number of aromatic nitrogens is 2. The van der Waals surface area contributed by atoms with E-state index < -0.39 is 10.0 Å². The molecule has 8 heteroatoms. The predicted octanol–water partition coefficient (Wildman–Crippen LogP) is 2.03. The van der Waals surface area contributed by atoms with E-state index in [2.05, 4.69) is 9.97 Å². The summed E-state index contributed by atoms with van der Waals surface area (Å²) in [5.74, 6) is 0.255. The first-order valence-corrected chi connectivity index (χ1v) is 8.02. The Kier molecular flexibility index (Phi) is 4.06. The zero-order valence-electron chi connectivity index (χ0n) is 9.63. The molecule has 5 nitrogen and oxygen atoms in total. The van der Waals surface area contributed by atoms with Crippen LogP contribution in [0.5, 0.6) is 0 Å². The van der Waals surface area contributed by atoms with Crippen LogP contribution in [0.2, 0.25) is 0 Å². The van der Waals surface area contributed by atoms with Crippen molar-refractivity contribution >= 4 is 33.0 Å². The van der Waals surface area contributed by atoms with E-state index in [1.165, 1.54) is 28.9 Å². The number of rotatable bonds is 5. The number of hydrogen-bond acceptors (Lipinski definition) is 4. The van der Waals surface area contributed by atoms with Crippen LogP contribution in [0.15, 0.2) is 28.0 Å². The molecule has 0 aromatic carbocycles. The summed E-state index contributed by atoms with van der Waals surface area (Å²) in [6.07, 6.45) is 1.45. The number of hydrogen-bond donors (Lipinski definition) is 1. The van der Waals surface area contributed by atoms with E-state index in [0.717, 1.165) is 5.69 Å². The average Bonchev–Trinajstić information content (AvgIpc) is 2.99. The molecule has 98 valence electrons. The van der Waals surface area contributed by atoms with Gasteiger partial charge < -0.3 is 4.98 Å². The number of nitrogens with zero attached hydrogens (tertiary/aromatic N) is 2. The van der Waals surface area contributed by atoms with Crippen LogP contribution in [0.4, 0.5) is 0 Å². The minimum absolute atomic E-state index is 0.218. The second kappa shape index (κ2) is 5.40. The summed E-state index contributed by atoms with van der Waals surface area (Å²) in [5, 5.41) is 1.83. The molecule has 0 atom stereocenters. The quantitative estimate of drug-likeness (QED) is 0.860. The molecule has 0 spiro atoms. The van der Waals surface area contributed by atoms with E-state index in [1.807, 2.05) is 5.38 Å². The molecule has 2 aromatic rings. The highest BCUT2D eigenvalue weighted by molar-refractivity contribution is 7.89. The third-order valence-corrected chi connectivity index (χ3v) is 5.14. The number of H-pyrrole nitrogens is 1. The van der Waals surface area contributed by atoms with E-state index in [-0.39, 0.29) is 17.3 Å². The van der Waals surface area contributed by atoms with E-state index >= 15 is 0 Å². The maximum Gasteiger partial charge on any atom is 0.244 e. The Bertz CT molecular complexity index is 607. The maximum atomic E-state index is 12.2. The summed E-state index contributed by atoms with van der Waals surface area (Å²) in [4.78, 5) is 7.11. The second-order valence-electron chi connectivity index (χ2n) is 3.74. The Labute approximate surface area is 114 Å². The maximum absolute atomic E-state index is 12.2. The molecule has 18 heavy (non-hydrogen) atoms. The van der Waals surface area contributed by atoms with Gasteiger partial charge in [-0.2, -0.15) is 4.31 Å². The fourth-order valence-electron chi connectivity index (χ4n) is 1.45. The molecule has 0 amide bonds. The standard InChI is InChI=1S/C10H12ClN3O2S2/c1-14(5-9-6-17-7-13-9)18(15,16)10-2-8(3-11)12-4-10/h2,4,6-7,12H,3,5H2,1H3. The largest absolute Gasteiger partial charge is 0.363 e. The first kappa shape index (κ1) is 13.5. The average molecular weight is 306 g/mol. The Hall–Kier alpha value is -0.890. The summed E-state index contributed by atoms with van der Waals surface area (Å²) in [6.45, 7) is 0.257. The molecule has 0 saturated carbocycles. The third kappa shape index (κ3) is 2.74. The first-order chi connectivity index (χ1) is 8.54. The van der Waals surface area contributed by atoms with Gasteiger partial charge in [-0.25, -0.2) is 13.4 Å². The fourth-order valence-corrected chi connectivity index (χ4v) is 3.32. The monoisotopic (exact) mass is 305 g/mol. The van der Waals surface area contributed by atoms with Gasteiger partial charge in [-0.15, -0.1) is 22.9 Å². The zero-order chi connectivity index (χ0) is 13.2. The third-order valence-electron chi connectivity index (χ3n) is 2.44.